The summed E-state index contributed by atoms with van der Waals surface area (Å²) in [7, 11) is 2.03. The third-order valence-corrected chi connectivity index (χ3v) is 7.54. The summed E-state index contributed by atoms with van der Waals surface area (Å²) in [6.45, 7) is 4.38. The summed E-state index contributed by atoms with van der Waals surface area (Å²) in [5.74, 6) is 0.719. The number of fused-ring (bicyclic) bond motifs is 2. The highest BCUT2D eigenvalue weighted by Crippen LogP contribution is 2.48. The fourth-order valence-electron chi connectivity index (χ4n) is 4.53. The summed E-state index contributed by atoms with van der Waals surface area (Å²) in [4.78, 5) is 16.1. The van der Waals surface area contributed by atoms with E-state index in [1.165, 1.54) is 0 Å². The Bertz CT molecular complexity index is 1010. The van der Waals surface area contributed by atoms with Gasteiger partial charge in [0.1, 0.15) is 10.7 Å². The molecule has 0 spiro atoms. The first-order valence-corrected chi connectivity index (χ1v) is 11.7. The average Bonchev–Trinajstić information content (AvgIpc) is 3.44. The van der Waals surface area contributed by atoms with Crippen molar-refractivity contribution in [3.63, 3.8) is 0 Å². The summed E-state index contributed by atoms with van der Waals surface area (Å²) in [6.07, 6.45) is -1.59. The van der Waals surface area contributed by atoms with Crippen molar-refractivity contribution < 1.29 is 13.2 Å². The van der Waals surface area contributed by atoms with Gasteiger partial charge in [-0.05, 0) is 12.8 Å². The van der Waals surface area contributed by atoms with Gasteiger partial charge in [-0.1, -0.05) is 25.1 Å². The summed E-state index contributed by atoms with van der Waals surface area (Å²) in [5.41, 5.74) is 7.03. The lowest BCUT2D eigenvalue weighted by Crippen LogP contribution is -2.37. The van der Waals surface area contributed by atoms with Crippen molar-refractivity contribution in [1.29, 1.82) is 0 Å². The summed E-state index contributed by atoms with van der Waals surface area (Å²) in [6, 6.07) is 0.0906. The van der Waals surface area contributed by atoms with Crippen molar-refractivity contribution in [2.24, 2.45) is 5.73 Å². The average molecular weight is 470 g/mol. The van der Waals surface area contributed by atoms with Gasteiger partial charge in [-0.25, -0.2) is 4.98 Å². The van der Waals surface area contributed by atoms with Gasteiger partial charge in [0.15, 0.2) is 11.6 Å². The number of thioether (sulfide) groups is 1. The van der Waals surface area contributed by atoms with E-state index in [0.717, 1.165) is 46.9 Å². The smallest absolute Gasteiger partial charge is 0.357 e. The molecule has 9 nitrogen and oxygen atoms in total. The minimum absolute atomic E-state index is 0.0906. The van der Waals surface area contributed by atoms with Crippen LogP contribution in [0.3, 0.4) is 0 Å². The van der Waals surface area contributed by atoms with Gasteiger partial charge in [0.2, 0.25) is 11.8 Å². The van der Waals surface area contributed by atoms with Crippen LogP contribution in [0, 0.1) is 0 Å². The van der Waals surface area contributed by atoms with Crippen LogP contribution in [0.15, 0.2) is 5.03 Å². The zero-order valence-electron chi connectivity index (χ0n) is 18.0. The highest BCUT2D eigenvalue weighted by Gasteiger charge is 2.41. The second-order valence-electron chi connectivity index (χ2n) is 8.48. The zero-order chi connectivity index (χ0) is 22.6. The van der Waals surface area contributed by atoms with Gasteiger partial charge in [-0.3, -0.25) is 0 Å². The Balaban J connectivity index is 1.52. The van der Waals surface area contributed by atoms with E-state index in [1.54, 1.807) is 11.8 Å². The van der Waals surface area contributed by atoms with E-state index in [1.807, 2.05) is 11.9 Å². The fraction of sp³-hybridized carbons (Fsp3) is 0.684. The van der Waals surface area contributed by atoms with Crippen molar-refractivity contribution >= 4 is 29.2 Å². The third-order valence-electron chi connectivity index (χ3n) is 6.20. The number of hydrogen-bond donors (Lipinski definition) is 1. The Morgan fingerprint density at radius 3 is 2.62 bits per heavy atom. The number of anilines is 3. The molecule has 3 aliphatic heterocycles. The zero-order valence-corrected chi connectivity index (χ0v) is 18.8. The molecule has 5 heterocycles. The van der Waals surface area contributed by atoms with Crippen molar-refractivity contribution in [2.75, 3.05) is 41.4 Å². The Morgan fingerprint density at radius 1 is 1.12 bits per heavy atom. The van der Waals surface area contributed by atoms with E-state index >= 15 is 0 Å². The topological polar surface area (TPSA) is 92.2 Å². The number of nitrogens with two attached hydrogens (primary N) is 1. The number of hydrogen-bond acceptors (Lipinski definition) is 9. The van der Waals surface area contributed by atoms with E-state index < -0.39 is 12.0 Å². The number of aromatic nitrogens is 5. The first-order chi connectivity index (χ1) is 15.3. The first kappa shape index (κ1) is 21.6. The van der Waals surface area contributed by atoms with Crippen LogP contribution < -0.4 is 20.4 Å². The molecule has 0 saturated carbocycles. The SMILES string of the molecule is CCCC1Sc2nc(N3CC[C@H](N)C3)nc(N3CCn4c(nnc4C(F)(F)F)C3)c2N1C. The normalized spacial score (nSPS) is 23.1. The fourth-order valence-corrected chi connectivity index (χ4v) is 5.89. The Hall–Kier alpha value is -2.28. The largest absolute Gasteiger partial charge is 0.451 e. The van der Waals surface area contributed by atoms with Crippen LogP contribution in [0.4, 0.5) is 30.6 Å². The van der Waals surface area contributed by atoms with Gasteiger partial charge in [0.25, 0.3) is 0 Å². The standard InChI is InChI=1S/C19H26F3N9S/c1-3-4-13-28(2)14-15(24-18(25-16(14)32-13)30-6-5-11(23)9-30)29-7-8-31-12(10-29)26-27-17(31)19(20,21)22/h11,13H,3-10,23H2,1-2H3/t11-,13?/m0/s1. The van der Waals surface area contributed by atoms with Gasteiger partial charge < -0.3 is 25.0 Å². The molecular weight excluding hydrogens is 443 g/mol. The minimum Gasteiger partial charge on any atom is -0.357 e. The van der Waals surface area contributed by atoms with Crippen LogP contribution in [0.1, 0.15) is 37.8 Å². The number of halogens is 3. The maximum absolute atomic E-state index is 13.3. The number of rotatable bonds is 4. The lowest BCUT2D eigenvalue weighted by atomic mass is 10.2. The summed E-state index contributed by atoms with van der Waals surface area (Å²) < 4.78 is 40.9. The molecule has 2 aromatic rings. The van der Waals surface area contributed by atoms with Crippen LogP contribution in [0.25, 0.3) is 0 Å². The molecule has 1 unspecified atom stereocenters. The Kier molecular flexibility index (Phi) is 5.35. The molecular formula is C19H26F3N9S. The third kappa shape index (κ3) is 3.64. The molecule has 0 radical (unpaired) electrons. The lowest BCUT2D eigenvalue weighted by Gasteiger charge is -2.32. The van der Waals surface area contributed by atoms with Crippen molar-refractivity contribution in [1.82, 2.24) is 24.7 Å². The number of alkyl halides is 3. The molecule has 5 rings (SSSR count). The van der Waals surface area contributed by atoms with Gasteiger partial charge >= 0.3 is 6.18 Å². The first-order valence-electron chi connectivity index (χ1n) is 10.8. The predicted octanol–water partition coefficient (Wildman–Crippen LogP) is 2.31. The van der Waals surface area contributed by atoms with E-state index in [-0.39, 0.29) is 24.5 Å². The Morgan fingerprint density at radius 2 is 1.94 bits per heavy atom. The van der Waals surface area contributed by atoms with Crippen molar-refractivity contribution in [2.45, 2.75) is 61.9 Å². The predicted molar refractivity (Wildman–Crippen MR) is 116 cm³/mol. The molecule has 1 saturated heterocycles. The molecule has 0 aromatic carbocycles. The quantitative estimate of drug-likeness (QED) is 0.677. The summed E-state index contributed by atoms with van der Waals surface area (Å²) in [5, 5.41) is 8.40. The molecule has 32 heavy (non-hydrogen) atoms. The monoisotopic (exact) mass is 469 g/mol. The lowest BCUT2D eigenvalue weighted by molar-refractivity contribution is -0.147. The number of nitrogens with zero attached hydrogens (tertiary/aromatic N) is 8. The Labute approximate surface area is 188 Å². The molecule has 174 valence electrons. The van der Waals surface area contributed by atoms with E-state index in [0.29, 0.717) is 24.9 Å². The molecule has 2 aromatic heterocycles. The maximum Gasteiger partial charge on any atom is 0.451 e. The molecule has 2 atom stereocenters. The maximum atomic E-state index is 13.3. The minimum atomic E-state index is -4.52. The molecule has 3 aliphatic rings. The van der Waals surface area contributed by atoms with Crippen molar-refractivity contribution in [3.05, 3.63) is 11.6 Å². The summed E-state index contributed by atoms with van der Waals surface area (Å²) >= 11 is 1.72. The molecule has 0 aliphatic carbocycles. The van der Waals surface area contributed by atoms with Crippen LogP contribution in [0.5, 0.6) is 0 Å². The van der Waals surface area contributed by atoms with Gasteiger partial charge in [-0.15, -0.1) is 10.2 Å². The molecule has 13 heteroatoms. The van der Waals surface area contributed by atoms with Crippen molar-refractivity contribution in [3.8, 4) is 0 Å². The molecule has 2 N–H and O–H groups in total. The van der Waals surface area contributed by atoms with E-state index in [2.05, 4.69) is 26.9 Å². The van der Waals surface area contributed by atoms with Gasteiger partial charge in [0.05, 0.1) is 11.9 Å². The molecule has 0 bridgehead atoms. The second kappa shape index (κ2) is 7.94. The van der Waals surface area contributed by atoms with Crippen LogP contribution in [-0.4, -0.2) is 62.8 Å². The van der Waals surface area contributed by atoms with Crippen LogP contribution in [-0.2, 0) is 19.3 Å². The van der Waals surface area contributed by atoms with E-state index in [9.17, 15) is 13.2 Å². The van der Waals surface area contributed by atoms with E-state index in [4.69, 9.17) is 15.7 Å². The van der Waals surface area contributed by atoms with Gasteiger partial charge in [-0.2, -0.15) is 18.2 Å². The van der Waals surface area contributed by atoms with Crippen LogP contribution in [0.2, 0.25) is 0 Å². The molecule has 1 fully saturated rings. The highest BCUT2D eigenvalue weighted by atomic mass is 32.2. The van der Waals surface area contributed by atoms with Gasteiger partial charge in [0, 0.05) is 39.3 Å². The second-order valence-corrected chi connectivity index (χ2v) is 9.65. The van der Waals surface area contributed by atoms with Crippen LogP contribution >= 0.6 is 11.8 Å². The molecule has 0 amide bonds. The highest BCUT2D eigenvalue weighted by molar-refractivity contribution is 8.00.